The summed E-state index contributed by atoms with van der Waals surface area (Å²) in [7, 11) is 0. The van der Waals surface area contributed by atoms with Gasteiger partial charge in [-0.05, 0) is 86.5 Å². The molecule has 5 rings (SSSR count). The fraction of sp³-hybridized carbons (Fsp3) is 0.552. The number of rotatable bonds is 7. The summed E-state index contributed by atoms with van der Waals surface area (Å²) in [4.78, 5) is 16.2. The molecule has 3 aliphatic rings. The zero-order valence-electron chi connectivity index (χ0n) is 21.1. The van der Waals surface area contributed by atoms with E-state index in [9.17, 15) is 23.1 Å². The Hall–Kier alpha value is -2.58. The minimum Gasteiger partial charge on any atom is -0.493 e. The number of hydrogen-bond acceptors (Lipinski definition) is 4. The molecule has 2 aromatic rings. The highest BCUT2D eigenvalue weighted by Crippen LogP contribution is 2.53. The number of nitrogens with zero attached hydrogens (tertiary/aromatic N) is 2. The zero-order valence-corrected chi connectivity index (χ0v) is 21.1. The molecule has 0 unspecified atom stereocenters. The van der Waals surface area contributed by atoms with Crippen molar-refractivity contribution in [3.8, 4) is 16.9 Å². The Bertz CT molecular complexity index is 1060. The molecule has 2 heterocycles. The number of amides is 1. The number of aliphatic hydroxyl groups is 1. The molecular formula is C29H35F3N2O3. The number of carbonyl (C=O) groups excluding carboxylic acids is 1. The van der Waals surface area contributed by atoms with Gasteiger partial charge >= 0.3 is 6.18 Å². The van der Waals surface area contributed by atoms with Crippen molar-refractivity contribution in [1.29, 1.82) is 0 Å². The molecular weight excluding hydrogens is 481 g/mol. The first-order valence-electron chi connectivity index (χ1n) is 13.3. The molecule has 1 aliphatic carbocycles. The summed E-state index contributed by atoms with van der Waals surface area (Å²) in [5, 5.41) is 9.66. The smallest absolute Gasteiger partial charge is 0.395 e. The first-order valence-corrected chi connectivity index (χ1v) is 13.3. The number of carbonyl (C=O) groups is 1. The van der Waals surface area contributed by atoms with Crippen molar-refractivity contribution in [3.05, 3.63) is 54.1 Å². The summed E-state index contributed by atoms with van der Waals surface area (Å²) in [5.74, 6) is 1.07. The summed E-state index contributed by atoms with van der Waals surface area (Å²) >= 11 is 0. The van der Waals surface area contributed by atoms with Crippen LogP contribution in [0.15, 0.2) is 48.5 Å². The van der Waals surface area contributed by atoms with E-state index in [1.54, 1.807) is 4.90 Å². The molecule has 2 aromatic carbocycles. The van der Waals surface area contributed by atoms with Crippen LogP contribution >= 0.6 is 0 Å². The van der Waals surface area contributed by atoms with E-state index in [4.69, 9.17) is 4.74 Å². The van der Waals surface area contributed by atoms with Gasteiger partial charge in [0.15, 0.2) is 0 Å². The molecule has 37 heavy (non-hydrogen) atoms. The Morgan fingerprint density at radius 2 is 1.57 bits per heavy atom. The van der Waals surface area contributed by atoms with Crippen LogP contribution in [0.25, 0.3) is 11.1 Å². The molecule has 0 bridgehead atoms. The molecule has 1 amide bonds. The van der Waals surface area contributed by atoms with Gasteiger partial charge in [-0.15, -0.1) is 0 Å². The van der Waals surface area contributed by atoms with Crippen LogP contribution in [-0.2, 0) is 0 Å². The van der Waals surface area contributed by atoms with Crippen molar-refractivity contribution in [2.24, 2.45) is 11.3 Å². The lowest BCUT2D eigenvalue weighted by Gasteiger charge is -2.47. The molecule has 1 saturated carbocycles. The standard InChI is InChI=1S/C29H35F3N2O3/c30-29(31,32)28(13-1-14-28)20-33-15-10-21(11-16-33)19-37-26-8-6-23(7-9-26)22-2-4-24(5-3-22)27(36)34-17-12-25(35)18-34/h2-9,21,25,35H,1,10-20H2/t25-/m1/s1. The highest BCUT2D eigenvalue weighted by molar-refractivity contribution is 5.95. The zero-order chi connectivity index (χ0) is 26.0. The van der Waals surface area contributed by atoms with E-state index in [0.29, 0.717) is 57.1 Å². The van der Waals surface area contributed by atoms with Gasteiger partial charge in [0.2, 0.25) is 0 Å². The van der Waals surface area contributed by atoms with E-state index in [2.05, 4.69) is 0 Å². The third-order valence-corrected chi connectivity index (χ3v) is 8.40. The number of ether oxygens (including phenoxy) is 1. The number of benzene rings is 2. The Morgan fingerprint density at radius 1 is 0.946 bits per heavy atom. The number of likely N-dealkylation sites (tertiary alicyclic amines) is 2. The van der Waals surface area contributed by atoms with Crippen molar-refractivity contribution in [2.75, 3.05) is 39.3 Å². The summed E-state index contributed by atoms with van der Waals surface area (Å²) in [5.41, 5.74) is 1.15. The largest absolute Gasteiger partial charge is 0.493 e. The maximum absolute atomic E-state index is 13.5. The highest BCUT2D eigenvalue weighted by Gasteiger charge is 2.58. The maximum atomic E-state index is 13.5. The van der Waals surface area contributed by atoms with Gasteiger partial charge in [0.05, 0.1) is 18.1 Å². The van der Waals surface area contributed by atoms with Gasteiger partial charge < -0.3 is 19.6 Å². The van der Waals surface area contributed by atoms with Gasteiger partial charge in [-0.25, -0.2) is 0 Å². The van der Waals surface area contributed by atoms with Crippen molar-refractivity contribution < 1.29 is 27.8 Å². The lowest BCUT2D eigenvalue weighted by atomic mass is 9.67. The lowest BCUT2D eigenvalue weighted by Crippen LogP contribution is -2.53. The fourth-order valence-corrected chi connectivity index (χ4v) is 5.75. The van der Waals surface area contributed by atoms with Crippen LogP contribution in [-0.4, -0.2) is 72.4 Å². The van der Waals surface area contributed by atoms with Crippen molar-refractivity contribution >= 4 is 5.91 Å². The monoisotopic (exact) mass is 516 g/mol. The topological polar surface area (TPSA) is 53.0 Å². The molecule has 200 valence electrons. The van der Waals surface area contributed by atoms with E-state index in [0.717, 1.165) is 29.7 Å². The SMILES string of the molecule is O=C(c1ccc(-c2ccc(OCC3CCN(CC4(C(F)(F)F)CCC4)CC3)cc2)cc1)N1CC[C@@H](O)C1. The van der Waals surface area contributed by atoms with Gasteiger partial charge in [-0.3, -0.25) is 4.79 Å². The molecule has 0 spiro atoms. The molecule has 3 fully saturated rings. The average molecular weight is 517 g/mol. The Kier molecular flexibility index (Phi) is 7.50. The van der Waals surface area contributed by atoms with E-state index in [1.165, 1.54) is 0 Å². The van der Waals surface area contributed by atoms with E-state index < -0.39 is 17.7 Å². The first kappa shape index (κ1) is 26.0. The second-order valence-electron chi connectivity index (χ2n) is 11.0. The molecule has 1 N–H and O–H groups in total. The third-order valence-electron chi connectivity index (χ3n) is 8.40. The molecule has 0 radical (unpaired) electrons. The Balaban J connectivity index is 1.08. The Morgan fingerprint density at radius 3 is 2.08 bits per heavy atom. The number of hydrogen-bond donors (Lipinski definition) is 1. The predicted molar refractivity (Wildman–Crippen MR) is 135 cm³/mol. The molecule has 2 saturated heterocycles. The fourth-order valence-electron chi connectivity index (χ4n) is 5.75. The molecule has 1 atom stereocenters. The van der Waals surface area contributed by atoms with Crippen LogP contribution in [0.4, 0.5) is 13.2 Å². The summed E-state index contributed by atoms with van der Waals surface area (Å²) in [6.07, 6.45) is -0.990. The number of piperidine rings is 1. The summed E-state index contributed by atoms with van der Waals surface area (Å²) in [6.45, 7) is 3.08. The maximum Gasteiger partial charge on any atom is 0.395 e. The summed E-state index contributed by atoms with van der Waals surface area (Å²) < 4.78 is 46.5. The number of β-amino-alcohol motifs (C(OH)–C–C–N with tert-alkyl or cyclic N) is 1. The highest BCUT2D eigenvalue weighted by atomic mass is 19.4. The quantitative estimate of drug-likeness (QED) is 0.537. The van der Waals surface area contributed by atoms with Gasteiger partial charge in [-0.1, -0.05) is 30.7 Å². The lowest BCUT2D eigenvalue weighted by molar-refractivity contribution is -0.256. The average Bonchev–Trinajstić information content (AvgIpc) is 3.31. The first-order chi connectivity index (χ1) is 17.7. The van der Waals surface area contributed by atoms with Crippen molar-refractivity contribution in [3.63, 3.8) is 0 Å². The number of aliphatic hydroxyl groups excluding tert-OH is 1. The predicted octanol–water partition coefficient (Wildman–Crippen LogP) is 5.38. The van der Waals surface area contributed by atoms with E-state index in [-0.39, 0.29) is 25.3 Å². The van der Waals surface area contributed by atoms with Gasteiger partial charge in [0, 0.05) is 25.2 Å². The molecule has 8 heteroatoms. The van der Waals surface area contributed by atoms with Crippen molar-refractivity contribution in [2.45, 2.75) is 50.8 Å². The van der Waals surface area contributed by atoms with Crippen LogP contribution in [0.2, 0.25) is 0 Å². The molecule has 2 aliphatic heterocycles. The minimum absolute atomic E-state index is 0.0550. The van der Waals surface area contributed by atoms with Gasteiger partial charge in [-0.2, -0.15) is 13.2 Å². The summed E-state index contributed by atoms with van der Waals surface area (Å²) in [6, 6.07) is 15.3. The second-order valence-corrected chi connectivity index (χ2v) is 11.0. The number of alkyl halides is 3. The number of halogens is 3. The van der Waals surface area contributed by atoms with Crippen LogP contribution in [0.3, 0.4) is 0 Å². The Labute approximate surface area is 216 Å². The van der Waals surface area contributed by atoms with E-state index in [1.807, 2.05) is 53.4 Å². The van der Waals surface area contributed by atoms with Gasteiger partial charge in [0.25, 0.3) is 5.91 Å². The van der Waals surface area contributed by atoms with Crippen molar-refractivity contribution in [1.82, 2.24) is 9.80 Å². The van der Waals surface area contributed by atoms with Crippen LogP contribution in [0.1, 0.15) is 48.9 Å². The third kappa shape index (κ3) is 5.80. The van der Waals surface area contributed by atoms with Crippen LogP contribution in [0, 0.1) is 11.3 Å². The molecule has 0 aromatic heterocycles. The normalized spacial score (nSPS) is 22.6. The van der Waals surface area contributed by atoms with Crippen LogP contribution < -0.4 is 4.74 Å². The minimum atomic E-state index is -4.10. The van der Waals surface area contributed by atoms with Gasteiger partial charge in [0.1, 0.15) is 5.75 Å². The second kappa shape index (κ2) is 10.7. The van der Waals surface area contributed by atoms with Crippen LogP contribution in [0.5, 0.6) is 5.75 Å². The van der Waals surface area contributed by atoms with E-state index >= 15 is 0 Å². The molecule has 5 nitrogen and oxygen atoms in total.